The molecular weight excluding hydrogens is 449 g/mol. The summed E-state index contributed by atoms with van der Waals surface area (Å²) in [6, 6.07) is 13.6. The van der Waals surface area contributed by atoms with Crippen molar-refractivity contribution in [2.75, 3.05) is 43.1 Å². The Labute approximate surface area is 202 Å². The van der Waals surface area contributed by atoms with E-state index in [-0.39, 0.29) is 11.5 Å². The van der Waals surface area contributed by atoms with Crippen LogP contribution in [0.1, 0.15) is 18.1 Å². The maximum atomic E-state index is 13.9. The zero-order valence-corrected chi connectivity index (χ0v) is 19.2. The number of nitriles is 1. The lowest BCUT2D eigenvalue weighted by molar-refractivity contribution is -0.137. The van der Waals surface area contributed by atoms with Crippen LogP contribution in [-0.2, 0) is 14.3 Å². The van der Waals surface area contributed by atoms with Gasteiger partial charge in [0.15, 0.2) is 0 Å². The van der Waals surface area contributed by atoms with Crippen molar-refractivity contribution in [2.45, 2.75) is 6.92 Å². The van der Waals surface area contributed by atoms with Gasteiger partial charge in [-0.1, -0.05) is 18.2 Å². The molecule has 1 N–H and O–H groups in total. The highest BCUT2D eigenvalue weighted by atomic mass is 19.1. The molecule has 0 amide bonds. The third-order valence-corrected chi connectivity index (χ3v) is 5.26. The van der Waals surface area contributed by atoms with E-state index >= 15 is 0 Å². The normalized spacial score (nSPS) is 13.5. The van der Waals surface area contributed by atoms with Crippen LogP contribution in [0.2, 0.25) is 0 Å². The van der Waals surface area contributed by atoms with Crippen molar-refractivity contribution in [3.05, 3.63) is 71.7 Å². The average Bonchev–Trinajstić information content (AvgIpc) is 2.88. The van der Waals surface area contributed by atoms with Gasteiger partial charge in [-0.3, -0.25) is 0 Å². The summed E-state index contributed by atoms with van der Waals surface area (Å²) in [5.41, 5.74) is 3.09. The molecule has 0 spiro atoms. The van der Waals surface area contributed by atoms with Gasteiger partial charge in [-0.25, -0.2) is 14.2 Å². The molecule has 2 aromatic carbocycles. The predicted octanol–water partition coefficient (Wildman–Crippen LogP) is 4.31. The number of carbonyl (C=O) groups is 1. The molecule has 1 saturated heterocycles. The summed E-state index contributed by atoms with van der Waals surface area (Å²) >= 11 is 0. The first-order valence-electron chi connectivity index (χ1n) is 11.2. The number of nitrogens with one attached hydrogen (secondary N) is 1. The summed E-state index contributed by atoms with van der Waals surface area (Å²) in [6.07, 6.45) is 4.80. The van der Waals surface area contributed by atoms with E-state index in [1.54, 1.807) is 19.2 Å². The Kier molecular flexibility index (Phi) is 7.65. The Morgan fingerprint density at radius 2 is 2.11 bits per heavy atom. The fourth-order valence-corrected chi connectivity index (χ4v) is 3.67. The number of rotatable bonds is 7. The second kappa shape index (κ2) is 11.2. The SMILES string of the molecule is CCOC(=O)/C=C/c1cccc(-c2cnc(Nc3cc(F)cc(C#N)c3)nc2N2CCOCC2)c1. The fourth-order valence-electron chi connectivity index (χ4n) is 3.67. The van der Waals surface area contributed by atoms with Gasteiger partial charge in [-0.2, -0.15) is 10.2 Å². The van der Waals surface area contributed by atoms with Crippen LogP contribution < -0.4 is 10.2 Å². The van der Waals surface area contributed by atoms with Gasteiger partial charge in [-0.15, -0.1) is 0 Å². The van der Waals surface area contributed by atoms with E-state index in [1.807, 2.05) is 30.3 Å². The molecule has 0 bridgehead atoms. The minimum Gasteiger partial charge on any atom is -0.463 e. The lowest BCUT2D eigenvalue weighted by Crippen LogP contribution is -2.37. The molecular formula is C26H24FN5O3. The topological polar surface area (TPSA) is 100 Å². The zero-order chi connectivity index (χ0) is 24.6. The average molecular weight is 474 g/mol. The van der Waals surface area contributed by atoms with Gasteiger partial charge in [0.2, 0.25) is 5.95 Å². The number of ether oxygens (including phenoxy) is 2. The number of aromatic nitrogens is 2. The molecule has 0 aliphatic carbocycles. The predicted molar refractivity (Wildman–Crippen MR) is 131 cm³/mol. The van der Waals surface area contributed by atoms with Gasteiger partial charge >= 0.3 is 5.97 Å². The van der Waals surface area contributed by atoms with Gasteiger partial charge in [0.1, 0.15) is 11.6 Å². The molecule has 0 atom stereocenters. The maximum absolute atomic E-state index is 13.9. The second-order valence-corrected chi connectivity index (χ2v) is 7.71. The van der Waals surface area contributed by atoms with Crippen LogP contribution in [0.4, 0.5) is 21.8 Å². The summed E-state index contributed by atoms with van der Waals surface area (Å²) in [7, 11) is 0. The fraction of sp³-hybridized carbons (Fsp3) is 0.231. The molecule has 2 heterocycles. The molecule has 1 aliphatic heterocycles. The molecule has 1 aliphatic rings. The van der Waals surface area contributed by atoms with Crippen molar-refractivity contribution in [3.8, 4) is 17.2 Å². The summed E-state index contributed by atoms with van der Waals surface area (Å²) in [5.74, 6) is 0.0594. The number of halogens is 1. The van der Waals surface area contributed by atoms with Gasteiger partial charge in [-0.05, 0) is 48.4 Å². The van der Waals surface area contributed by atoms with Crippen molar-refractivity contribution in [3.63, 3.8) is 0 Å². The highest BCUT2D eigenvalue weighted by Crippen LogP contribution is 2.31. The van der Waals surface area contributed by atoms with Crippen LogP contribution in [0.25, 0.3) is 17.2 Å². The van der Waals surface area contributed by atoms with Crippen LogP contribution in [0.15, 0.2) is 54.7 Å². The van der Waals surface area contributed by atoms with E-state index in [2.05, 4.69) is 15.2 Å². The first-order valence-corrected chi connectivity index (χ1v) is 11.2. The Bertz CT molecular complexity index is 1280. The number of hydrogen-bond donors (Lipinski definition) is 1. The number of morpholine rings is 1. The van der Waals surface area contributed by atoms with Crippen LogP contribution in [-0.4, -0.2) is 48.8 Å². The lowest BCUT2D eigenvalue weighted by Gasteiger charge is -2.29. The molecule has 35 heavy (non-hydrogen) atoms. The van der Waals surface area contributed by atoms with Crippen molar-refractivity contribution in [1.29, 1.82) is 5.26 Å². The molecule has 178 valence electrons. The second-order valence-electron chi connectivity index (χ2n) is 7.71. The third-order valence-electron chi connectivity index (χ3n) is 5.26. The molecule has 0 saturated carbocycles. The third kappa shape index (κ3) is 6.19. The maximum Gasteiger partial charge on any atom is 0.330 e. The Morgan fingerprint density at radius 3 is 2.89 bits per heavy atom. The highest BCUT2D eigenvalue weighted by molar-refractivity contribution is 5.87. The highest BCUT2D eigenvalue weighted by Gasteiger charge is 2.19. The monoisotopic (exact) mass is 473 g/mol. The Morgan fingerprint density at radius 1 is 1.29 bits per heavy atom. The minimum atomic E-state index is -0.524. The molecule has 3 aromatic rings. The Hall–Kier alpha value is -4.29. The number of nitrogens with zero attached hydrogens (tertiary/aromatic N) is 4. The summed E-state index contributed by atoms with van der Waals surface area (Å²) in [5, 5.41) is 12.1. The smallest absolute Gasteiger partial charge is 0.330 e. The van der Waals surface area contributed by atoms with Crippen LogP contribution in [0, 0.1) is 17.1 Å². The molecule has 9 heteroatoms. The summed E-state index contributed by atoms with van der Waals surface area (Å²) in [4.78, 5) is 23.0. The lowest BCUT2D eigenvalue weighted by atomic mass is 10.0. The van der Waals surface area contributed by atoms with Crippen LogP contribution >= 0.6 is 0 Å². The van der Waals surface area contributed by atoms with E-state index in [9.17, 15) is 9.18 Å². The van der Waals surface area contributed by atoms with E-state index in [0.717, 1.165) is 22.8 Å². The summed E-state index contributed by atoms with van der Waals surface area (Å²) < 4.78 is 24.3. The number of anilines is 3. The van der Waals surface area contributed by atoms with Gasteiger partial charge in [0, 0.05) is 36.6 Å². The number of benzene rings is 2. The van der Waals surface area contributed by atoms with Crippen LogP contribution in [0.3, 0.4) is 0 Å². The van der Waals surface area contributed by atoms with Crippen LogP contribution in [0.5, 0.6) is 0 Å². The van der Waals surface area contributed by atoms with E-state index in [0.29, 0.717) is 44.4 Å². The molecule has 8 nitrogen and oxygen atoms in total. The van der Waals surface area contributed by atoms with E-state index < -0.39 is 11.8 Å². The summed E-state index contributed by atoms with van der Waals surface area (Å²) in [6.45, 7) is 4.54. The van der Waals surface area contributed by atoms with Crippen molar-refractivity contribution < 1.29 is 18.7 Å². The zero-order valence-electron chi connectivity index (χ0n) is 19.2. The van der Waals surface area contributed by atoms with Crippen molar-refractivity contribution in [1.82, 2.24) is 9.97 Å². The largest absolute Gasteiger partial charge is 0.463 e. The quantitative estimate of drug-likeness (QED) is 0.400. The molecule has 4 rings (SSSR count). The van der Waals surface area contributed by atoms with Crippen molar-refractivity contribution >= 4 is 29.5 Å². The number of esters is 1. The molecule has 1 fully saturated rings. The first-order chi connectivity index (χ1) is 17.1. The Balaban J connectivity index is 1.68. The number of carbonyl (C=O) groups excluding carboxylic acids is 1. The minimum absolute atomic E-state index is 0.199. The van der Waals surface area contributed by atoms with Gasteiger partial charge in [0.05, 0.1) is 31.5 Å². The molecule has 0 radical (unpaired) electrons. The number of hydrogen-bond acceptors (Lipinski definition) is 8. The standard InChI is InChI=1S/C26H24FN5O3/c1-2-35-24(33)7-6-18-4-3-5-20(12-18)23-17-29-26(31-25(23)32-8-10-34-11-9-32)30-22-14-19(16-28)13-21(27)15-22/h3-7,12-15,17H,2,8-11H2,1H3,(H,29,30,31)/b7-6+. The van der Waals surface area contributed by atoms with E-state index in [4.69, 9.17) is 19.7 Å². The molecule has 1 aromatic heterocycles. The van der Waals surface area contributed by atoms with Gasteiger partial charge < -0.3 is 19.7 Å². The first kappa shape index (κ1) is 23.9. The van der Waals surface area contributed by atoms with Crippen molar-refractivity contribution in [2.24, 2.45) is 0 Å². The molecule has 0 unspecified atom stereocenters. The van der Waals surface area contributed by atoms with Gasteiger partial charge in [0.25, 0.3) is 0 Å². The van der Waals surface area contributed by atoms with E-state index in [1.165, 1.54) is 18.2 Å².